The molecule has 1 aromatic heterocycles. The zero-order chi connectivity index (χ0) is 27.9. The molecule has 2 N–H and O–H groups in total. The molecule has 1 aliphatic rings. The number of nitrogens with one attached hydrogen (secondary N) is 1. The number of pyridine rings is 1. The molecule has 1 unspecified atom stereocenters. The van der Waals surface area contributed by atoms with Crippen LogP contribution in [0.3, 0.4) is 0 Å². The fourth-order valence-corrected chi connectivity index (χ4v) is 5.44. The quantitative estimate of drug-likeness (QED) is 0.289. The van der Waals surface area contributed by atoms with Crippen molar-refractivity contribution in [1.29, 1.82) is 0 Å². The second-order valence-corrected chi connectivity index (χ2v) is 9.89. The van der Waals surface area contributed by atoms with E-state index in [1.807, 2.05) is 36.2 Å². The number of fused-ring (bicyclic) bond motifs is 1. The van der Waals surface area contributed by atoms with Gasteiger partial charge in [-0.15, -0.1) is 0 Å². The Kier molecular flexibility index (Phi) is 9.44. The monoisotopic (exact) mass is 539 g/mol. The van der Waals surface area contributed by atoms with E-state index in [0.717, 1.165) is 47.5 Å². The van der Waals surface area contributed by atoms with Gasteiger partial charge in [-0.05, 0) is 80.6 Å². The van der Waals surface area contributed by atoms with Crippen LogP contribution in [0.2, 0.25) is 0 Å². The summed E-state index contributed by atoms with van der Waals surface area (Å²) in [6.45, 7) is 1.49. The molecule has 9 heteroatoms. The van der Waals surface area contributed by atoms with E-state index in [-0.39, 0.29) is 36.4 Å². The highest BCUT2D eigenvalue weighted by Crippen LogP contribution is 2.34. The first-order valence-corrected chi connectivity index (χ1v) is 13.0. The summed E-state index contributed by atoms with van der Waals surface area (Å²) in [4.78, 5) is 18.1. The van der Waals surface area contributed by atoms with Gasteiger partial charge in [0.05, 0.1) is 24.7 Å². The summed E-state index contributed by atoms with van der Waals surface area (Å²) in [5.41, 5.74) is 1.67. The molecule has 2 aromatic carbocycles. The van der Waals surface area contributed by atoms with Crippen molar-refractivity contribution in [2.45, 2.75) is 31.7 Å². The largest absolute Gasteiger partial charge is 0.497 e. The average molecular weight is 540 g/mol. The van der Waals surface area contributed by atoms with Crippen molar-refractivity contribution in [3.05, 3.63) is 71.2 Å². The molecular formula is C30H32F3N3O3. The second-order valence-electron chi connectivity index (χ2n) is 9.89. The van der Waals surface area contributed by atoms with Crippen molar-refractivity contribution < 1.29 is 27.8 Å². The Bertz CT molecular complexity index is 1390. The third kappa shape index (κ3) is 7.08. The van der Waals surface area contributed by atoms with Crippen LogP contribution >= 0.6 is 0 Å². The molecule has 6 nitrogen and oxygen atoms in total. The molecule has 0 spiro atoms. The van der Waals surface area contributed by atoms with Gasteiger partial charge in [0.2, 0.25) is 0 Å². The summed E-state index contributed by atoms with van der Waals surface area (Å²) in [5.74, 6) is 2.00. The van der Waals surface area contributed by atoms with Gasteiger partial charge < -0.3 is 15.2 Å². The van der Waals surface area contributed by atoms with Gasteiger partial charge in [0.25, 0.3) is 0 Å². The minimum atomic E-state index is -1.28. The second kappa shape index (κ2) is 13.0. The van der Waals surface area contributed by atoms with Gasteiger partial charge in [-0.2, -0.15) is 0 Å². The summed E-state index contributed by atoms with van der Waals surface area (Å²) in [6.07, 6.45) is 4.29. The number of aliphatic carboxylic acids is 1. The Morgan fingerprint density at radius 1 is 1.23 bits per heavy atom. The lowest BCUT2D eigenvalue weighted by Gasteiger charge is -2.38. The minimum Gasteiger partial charge on any atom is -0.497 e. The van der Waals surface area contributed by atoms with Crippen molar-refractivity contribution in [2.75, 3.05) is 33.8 Å². The average Bonchev–Trinajstić information content (AvgIpc) is 2.92. The Balaban J connectivity index is 1.43. The number of rotatable bonds is 9. The molecule has 3 aromatic rings. The number of benzene rings is 2. The number of ether oxygens (including phenoxy) is 1. The molecule has 1 aliphatic heterocycles. The van der Waals surface area contributed by atoms with Crippen LogP contribution in [-0.2, 0) is 4.79 Å². The summed E-state index contributed by atoms with van der Waals surface area (Å²) < 4.78 is 46.2. The standard InChI is InChI=1S/C30H32F3N3O3/c1-34-27(24-9-11-35-28-8-6-23(39-2)17-25(24)28)7-5-19-10-13-36(18-21(19)15-29(37)38)12-3-4-20-14-22(31)16-26(32)30(20)33/h6,8-9,11,14,16-17,19,21,27,34H,5,7,10,12-13,15,18H2,1-2H3,(H,37,38)/t19-,21+,27?/m1/s1. The summed E-state index contributed by atoms with van der Waals surface area (Å²) in [5, 5.41) is 14.0. The van der Waals surface area contributed by atoms with Crippen LogP contribution in [0.5, 0.6) is 5.75 Å². The van der Waals surface area contributed by atoms with Crippen LogP contribution in [0.1, 0.15) is 42.9 Å². The topological polar surface area (TPSA) is 74.7 Å². The number of halogens is 3. The predicted molar refractivity (Wildman–Crippen MR) is 143 cm³/mol. The number of hydrogen-bond acceptors (Lipinski definition) is 5. The van der Waals surface area contributed by atoms with Gasteiger partial charge in [-0.1, -0.05) is 11.8 Å². The fraction of sp³-hybridized carbons (Fsp3) is 0.400. The summed E-state index contributed by atoms with van der Waals surface area (Å²) >= 11 is 0. The summed E-state index contributed by atoms with van der Waals surface area (Å²) in [7, 11) is 3.55. The van der Waals surface area contributed by atoms with Gasteiger partial charge in [0, 0.05) is 36.7 Å². The molecule has 2 heterocycles. The maximum atomic E-state index is 13.9. The van der Waals surface area contributed by atoms with E-state index >= 15 is 0 Å². The molecule has 0 saturated carbocycles. The molecular weight excluding hydrogens is 507 g/mol. The number of carbonyl (C=O) groups is 1. The van der Waals surface area contributed by atoms with Gasteiger partial charge in [-0.25, -0.2) is 13.2 Å². The first-order valence-electron chi connectivity index (χ1n) is 13.0. The molecule has 39 heavy (non-hydrogen) atoms. The Labute approximate surface area is 226 Å². The number of likely N-dealkylation sites (tertiary alicyclic amines) is 1. The molecule has 1 saturated heterocycles. The van der Waals surface area contributed by atoms with E-state index in [1.165, 1.54) is 0 Å². The highest BCUT2D eigenvalue weighted by atomic mass is 19.2. The molecule has 1 fully saturated rings. The van der Waals surface area contributed by atoms with Crippen molar-refractivity contribution in [3.8, 4) is 17.6 Å². The van der Waals surface area contributed by atoms with Crippen LogP contribution < -0.4 is 10.1 Å². The number of aromatic nitrogens is 1. The molecule has 0 radical (unpaired) electrons. The van der Waals surface area contributed by atoms with Crippen LogP contribution in [-0.4, -0.2) is 54.8 Å². The van der Waals surface area contributed by atoms with E-state index in [2.05, 4.69) is 22.1 Å². The lowest BCUT2D eigenvalue weighted by molar-refractivity contribution is -0.139. The molecule has 0 bridgehead atoms. The van der Waals surface area contributed by atoms with Crippen molar-refractivity contribution in [1.82, 2.24) is 15.2 Å². The Hall–Kier alpha value is -3.61. The Morgan fingerprint density at radius 3 is 2.79 bits per heavy atom. The zero-order valence-corrected chi connectivity index (χ0v) is 22.0. The number of methoxy groups -OCH3 is 1. The van der Waals surface area contributed by atoms with Gasteiger partial charge in [0.15, 0.2) is 11.6 Å². The van der Waals surface area contributed by atoms with Gasteiger partial charge in [-0.3, -0.25) is 14.7 Å². The van der Waals surface area contributed by atoms with Crippen molar-refractivity contribution in [3.63, 3.8) is 0 Å². The first kappa shape index (κ1) is 28.4. The molecule has 0 aliphatic carbocycles. The van der Waals surface area contributed by atoms with Crippen LogP contribution in [0, 0.1) is 41.1 Å². The van der Waals surface area contributed by atoms with Gasteiger partial charge >= 0.3 is 5.97 Å². The van der Waals surface area contributed by atoms with Gasteiger partial charge in [0.1, 0.15) is 11.6 Å². The number of hydrogen-bond donors (Lipinski definition) is 2. The normalized spacial score (nSPS) is 18.4. The van der Waals surface area contributed by atoms with E-state index in [0.29, 0.717) is 19.2 Å². The SMILES string of the molecule is CNC(CC[C@@H]1CCN(CC#Cc2cc(F)cc(F)c2F)C[C@@H]1CC(=O)O)c1ccnc2ccc(OC)cc12. The smallest absolute Gasteiger partial charge is 0.303 e. The predicted octanol–water partition coefficient (Wildman–Crippen LogP) is 5.17. The van der Waals surface area contributed by atoms with E-state index < -0.39 is 23.4 Å². The molecule has 4 rings (SSSR count). The third-order valence-corrected chi connectivity index (χ3v) is 7.46. The third-order valence-electron chi connectivity index (χ3n) is 7.46. The number of nitrogens with zero attached hydrogens (tertiary/aromatic N) is 2. The molecule has 206 valence electrons. The maximum absolute atomic E-state index is 13.9. The fourth-order valence-electron chi connectivity index (χ4n) is 5.44. The van der Waals surface area contributed by atoms with Crippen LogP contribution in [0.25, 0.3) is 10.9 Å². The van der Waals surface area contributed by atoms with E-state index in [4.69, 9.17) is 4.74 Å². The van der Waals surface area contributed by atoms with Crippen LogP contribution in [0.4, 0.5) is 13.2 Å². The minimum absolute atomic E-state index is 0.0396. The Morgan fingerprint density at radius 2 is 2.05 bits per heavy atom. The lowest BCUT2D eigenvalue weighted by atomic mass is 9.79. The maximum Gasteiger partial charge on any atom is 0.303 e. The van der Waals surface area contributed by atoms with Crippen molar-refractivity contribution in [2.24, 2.45) is 11.8 Å². The highest BCUT2D eigenvalue weighted by Gasteiger charge is 2.31. The molecule has 3 atom stereocenters. The van der Waals surface area contributed by atoms with Crippen LogP contribution in [0.15, 0.2) is 42.6 Å². The first-order chi connectivity index (χ1) is 18.8. The van der Waals surface area contributed by atoms with E-state index in [1.54, 1.807) is 13.3 Å². The number of carboxylic acid groups (broad SMARTS) is 1. The summed E-state index contributed by atoms with van der Waals surface area (Å²) in [6, 6.07) is 9.21. The molecule has 0 amide bonds. The number of carboxylic acids is 1. The number of piperidine rings is 1. The zero-order valence-electron chi connectivity index (χ0n) is 22.0. The van der Waals surface area contributed by atoms with Crippen molar-refractivity contribution >= 4 is 16.9 Å². The lowest BCUT2D eigenvalue weighted by Crippen LogP contribution is -2.41. The highest BCUT2D eigenvalue weighted by molar-refractivity contribution is 5.84. The van der Waals surface area contributed by atoms with E-state index in [9.17, 15) is 23.1 Å².